The van der Waals surface area contributed by atoms with E-state index in [2.05, 4.69) is 5.32 Å². The second kappa shape index (κ2) is 9.33. The predicted molar refractivity (Wildman–Crippen MR) is 99.8 cm³/mol. The lowest BCUT2D eigenvalue weighted by atomic mass is 10.2. The molecule has 0 spiro atoms. The van der Waals surface area contributed by atoms with Gasteiger partial charge in [0, 0.05) is 19.3 Å². The summed E-state index contributed by atoms with van der Waals surface area (Å²) in [7, 11) is 1.67. The molecule has 0 bridgehead atoms. The smallest absolute Gasteiger partial charge is 0.235 e. The summed E-state index contributed by atoms with van der Waals surface area (Å²) in [5.41, 5.74) is 1.33. The van der Waals surface area contributed by atoms with Crippen molar-refractivity contribution in [3.8, 4) is 0 Å². The lowest BCUT2D eigenvalue weighted by Gasteiger charge is -2.21. The second-order valence-electron chi connectivity index (χ2n) is 5.83. The molecule has 0 radical (unpaired) electrons. The summed E-state index contributed by atoms with van der Waals surface area (Å²) < 4.78 is 25.8. The standard InChI is InChI=1S/C19H20F2N2O2S/c1-13(19(25)23(2)11-14-3-5-15(20)6-4-14)26-12-18(24)22-17-9-7-16(21)8-10-17/h3-10,13H,11-12H2,1-2H3,(H,22,24). The minimum Gasteiger partial charge on any atom is -0.340 e. The van der Waals surface area contributed by atoms with Gasteiger partial charge in [0.05, 0.1) is 11.0 Å². The highest BCUT2D eigenvalue weighted by atomic mass is 32.2. The van der Waals surface area contributed by atoms with Gasteiger partial charge in [0.15, 0.2) is 0 Å². The number of carbonyl (C=O) groups is 2. The maximum atomic E-state index is 12.9. The summed E-state index contributed by atoms with van der Waals surface area (Å²) in [5.74, 6) is -0.967. The maximum absolute atomic E-state index is 12.9. The number of anilines is 1. The molecule has 0 aliphatic heterocycles. The van der Waals surface area contributed by atoms with Crippen LogP contribution in [0.1, 0.15) is 12.5 Å². The summed E-state index contributed by atoms with van der Waals surface area (Å²) >= 11 is 1.22. The highest BCUT2D eigenvalue weighted by molar-refractivity contribution is 8.01. The number of amides is 2. The minimum atomic E-state index is -0.403. The zero-order valence-corrected chi connectivity index (χ0v) is 15.4. The van der Waals surface area contributed by atoms with E-state index < -0.39 is 5.25 Å². The van der Waals surface area contributed by atoms with E-state index in [9.17, 15) is 18.4 Å². The number of nitrogens with one attached hydrogen (secondary N) is 1. The van der Waals surface area contributed by atoms with Crippen molar-refractivity contribution in [2.24, 2.45) is 0 Å². The zero-order valence-electron chi connectivity index (χ0n) is 14.5. The highest BCUT2D eigenvalue weighted by Gasteiger charge is 2.19. The quantitative estimate of drug-likeness (QED) is 0.800. The van der Waals surface area contributed by atoms with Gasteiger partial charge in [0.25, 0.3) is 0 Å². The van der Waals surface area contributed by atoms with Gasteiger partial charge in [-0.15, -0.1) is 11.8 Å². The third kappa shape index (κ3) is 6.15. The van der Waals surface area contributed by atoms with Crippen LogP contribution >= 0.6 is 11.8 Å². The van der Waals surface area contributed by atoms with Crippen LogP contribution in [0.25, 0.3) is 0 Å². The summed E-state index contributed by atoms with van der Waals surface area (Å²) in [6.45, 7) is 2.10. The van der Waals surface area contributed by atoms with E-state index in [0.717, 1.165) is 5.56 Å². The molecule has 0 saturated heterocycles. The van der Waals surface area contributed by atoms with Crippen molar-refractivity contribution in [1.29, 1.82) is 0 Å². The molecule has 0 heterocycles. The Balaban J connectivity index is 1.79. The van der Waals surface area contributed by atoms with Gasteiger partial charge in [-0.1, -0.05) is 12.1 Å². The van der Waals surface area contributed by atoms with Gasteiger partial charge in [-0.3, -0.25) is 9.59 Å². The summed E-state index contributed by atoms with van der Waals surface area (Å²) in [6, 6.07) is 11.4. The molecule has 26 heavy (non-hydrogen) atoms. The van der Waals surface area contributed by atoms with E-state index in [1.54, 1.807) is 31.0 Å². The molecule has 2 aromatic rings. The predicted octanol–water partition coefficient (Wildman–Crippen LogP) is 3.68. The molecule has 7 heteroatoms. The average Bonchev–Trinajstić information content (AvgIpc) is 2.63. The molecule has 1 unspecified atom stereocenters. The van der Waals surface area contributed by atoms with Crippen molar-refractivity contribution in [3.63, 3.8) is 0 Å². The van der Waals surface area contributed by atoms with Crippen molar-refractivity contribution < 1.29 is 18.4 Å². The van der Waals surface area contributed by atoms with Crippen LogP contribution in [0.3, 0.4) is 0 Å². The van der Waals surface area contributed by atoms with Gasteiger partial charge >= 0.3 is 0 Å². The van der Waals surface area contributed by atoms with Crippen LogP contribution in [0.4, 0.5) is 14.5 Å². The van der Waals surface area contributed by atoms with Crippen LogP contribution in [0, 0.1) is 11.6 Å². The molecule has 138 valence electrons. The summed E-state index contributed by atoms with van der Waals surface area (Å²) in [6.07, 6.45) is 0. The minimum absolute atomic E-state index is 0.106. The Hall–Kier alpha value is -2.41. The third-order valence-corrected chi connectivity index (χ3v) is 4.78. The monoisotopic (exact) mass is 378 g/mol. The van der Waals surface area contributed by atoms with Gasteiger partial charge < -0.3 is 10.2 Å². The SMILES string of the molecule is CC(SCC(=O)Nc1ccc(F)cc1)C(=O)N(C)Cc1ccc(F)cc1. The molecule has 1 N–H and O–H groups in total. The maximum Gasteiger partial charge on any atom is 0.235 e. The molecule has 2 rings (SSSR count). The molecule has 0 aromatic heterocycles. The van der Waals surface area contributed by atoms with Gasteiger partial charge in [-0.25, -0.2) is 8.78 Å². The lowest BCUT2D eigenvalue weighted by molar-refractivity contribution is -0.129. The van der Waals surface area contributed by atoms with Crippen LogP contribution in [-0.4, -0.2) is 34.8 Å². The molecule has 2 amide bonds. The van der Waals surface area contributed by atoms with Gasteiger partial charge in [-0.2, -0.15) is 0 Å². The lowest BCUT2D eigenvalue weighted by Crippen LogP contribution is -2.33. The Morgan fingerprint density at radius 3 is 2.15 bits per heavy atom. The number of hydrogen-bond acceptors (Lipinski definition) is 3. The Kier molecular flexibility index (Phi) is 7.15. The van der Waals surface area contributed by atoms with Crippen molar-refractivity contribution in [2.75, 3.05) is 18.1 Å². The van der Waals surface area contributed by atoms with Crippen molar-refractivity contribution >= 4 is 29.3 Å². The van der Waals surface area contributed by atoms with Crippen LogP contribution in [0.5, 0.6) is 0 Å². The Labute approximate surface area is 155 Å². The van der Waals surface area contributed by atoms with Crippen LogP contribution < -0.4 is 5.32 Å². The molecule has 2 aromatic carbocycles. The van der Waals surface area contributed by atoms with Crippen LogP contribution in [-0.2, 0) is 16.1 Å². The molecule has 0 aliphatic rings. The van der Waals surface area contributed by atoms with Crippen LogP contribution in [0.15, 0.2) is 48.5 Å². The van der Waals surface area contributed by atoms with E-state index in [-0.39, 0.29) is 29.2 Å². The third-order valence-electron chi connectivity index (χ3n) is 3.65. The molecular weight excluding hydrogens is 358 g/mol. The van der Waals surface area contributed by atoms with E-state index in [1.165, 1.54) is 48.2 Å². The fraction of sp³-hybridized carbons (Fsp3) is 0.263. The van der Waals surface area contributed by atoms with Crippen molar-refractivity contribution in [3.05, 3.63) is 65.7 Å². The Bertz CT molecular complexity index is 751. The Morgan fingerprint density at radius 1 is 1.04 bits per heavy atom. The first-order valence-electron chi connectivity index (χ1n) is 8.01. The van der Waals surface area contributed by atoms with E-state index in [0.29, 0.717) is 12.2 Å². The summed E-state index contributed by atoms with van der Waals surface area (Å²) in [5, 5.41) is 2.25. The average molecular weight is 378 g/mol. The largest absolute Gasteiger partial charge is 0.340 e. The van der Waals surface area contributed by atoms with E-state index in [4.69, 9.17) is 0 Å². The number of thioether (sulfide) groups is 1. The number of rotatable bonds is 7. The molecule has 4 nitrogen and oxygen atoms in total. The fourth-order valence-electron chi connectivity index (χ4n) is 2.25. The van der Waals surface area contributed by atoms with Crippen LogP contribution in [0.2, 0.25) is 0 Å². The van der Waals surface area contributed by atoms with Crippen molar-refractivity contribution in [1.82, 2.24) is 4.90 Å². The molecule has 0 fully saturated rings. The number of carbonyl (C=O) groups excluding carboxylic acids is 2. The zero-order chi connectivity index (χ0) is 19.1. The first-order valence-corrected chi connectivity index (χ1v) is 9.06. The number of benzene rings is 2. The second-order valence-corrected chi connectivity index (χ2v) is 7.16. The first-order chi connectivity index (χ1) is 12.3. The fourth-order valence-corrected chi connectivity index (χ4v) is 3.05. The van der Waals surface area contributed by atoms with Gasteiger partial charge in [-0.05, 0) is 48.9 Å². The molecule has 0 saturated carbocycles. The topological polar surface area (TPSA) is 49.4 Å². The van der Waals surface area contributed by atoms with Gasteiger partial charge in [0.2, 0.25) is 11.8 Å². The normalized spacial score (nSPS) is 11.7. The molecular formula is C19H20F2N2O2S. The number of halogens is 2. The number of nitrogens with zero attached hydrogens (tertiary/aromatic N) is 1. The highest BCUT2D eigenvalue weighted by Crippen LogP contribution is 2.16. The molecule has 1 atom stereocenters. The van der Waals surface area contributed by atoms with E-state index >= 15 is 0 Å². The van der Waals surface area contributed by atoms with Crippen molar-refractivity contribution in [2.45, 2.75) is 18.7 Å². The number of hydrogen-bond donors (Lipinski definition) is 1. The first kappa shape index (κ1) is 19.9. The van der Waals surface area contributed by atoms with Gasteiger partial charge in [0.1, 0.15) is 11.6 Å². The Morgan fingerprint density at radius 2 is 1.58 bits per heavy atom. The molecule has 0 aliphatic carbocycles. The summed E-state index contributed by atoms with van der Waals surface area (Å²) in [4.78, 5) is 25.9. The van der Waals surface area contributed by atoms with E-state index in [1.807, 2.05) is 0 Å².